The van der Waals surface area contributed by atoms with Crippen LogP contribution in [0.25, 0.3) is 0 Å². The third-order valence-corrected chi connectivity index (χ3v) is 3.01. The van der Waals surface area contributed by atoms with Crippen LogP contribution in [0.1, 0.15) is 48.0 Å². The molecule has 100 valence electrons. The molecule has 0 aliphatic rings. The predicted octanol–water partition coefficient (Wildman–Crippen LogP) is 2.28. The number of hydrogen-bond acceptors (Lipinski definition) is 2. The van der Waals surface area contributed by atoms with Crippen LogP contribution in [0, 0.1) is 17.3 Å². The van der Waals surface area contributed by atoms with E-state index in [4.69, 9.17) is 5.11 Å². The zero-order chi connectivity index (χ0) is 13.8. The van der Waals surface area contributed by atoms with Gasteiger partial charge in [0.1, 0.15) is 6.04 Å². The van der Waals surface area contributed by atoms with Crippen molar-refractivity contribution >= 4 is 11.9 Å². The van der Waals surface area contributed by atoms with E-state index >= 15 is 0 Å². The summed E-state index contributed by atoms with van der Waals surface area (Å²) in [6.07, 6.45) is 0.456. The number of hydrogen-bond donors (Lipinski definition) is 2. The van der Waals surface area contributed by atoms with Crippen molar-refractivity contribution in [3.63, 3.8) is 0 Å². The van der Waals surface area contributed by atoms with Gasteiger partial charge in [-0.15, -0.1) is 0 Å². The van der Waals surface area contributed by atoms with Crippen LogP contribution in [0.15, 0.2) is 0 Å². The molecule has 0 heterocycles. The number of carboxylic acid groups (broad SMARTS) is 1. The topological polar surface area (TPSA) is 66.4 Å². The standard InChI is InChI=1S/C13H25NO3/c1-8(2)7-10(12(16)17)14-11(15)9(3)13(4,5)6/h8-10H,7H2,1-6H3,(H,14,15)(H,16,17)/t9-,10+/m1/s1. The van der Waals surface area contributed by atoms with E-state index in [2.05, 4.69) is 5.32 Å². The molecule has 4 heteroatoms. The average molecular weight is 243 g/mol. The molecule has 2 N–H and O–H groups in total. The molecule has 0 fully saturated rings. The summed E-state index contributed by atoms with van der Waals surface area (Å²) in [6, 6.07) is -0.785. The van der Waals surface area contributed by atoms with E-state index in [-0.39, 0.29) is 23.2 Å². The maximum atomic E-state index is 11.9. The lowest BCUT2D eigenvalue weighted by atomic mass is 9.81. The van der Waals surface area contributed by atoms with Crippen LogP contribution >= 0.6 is 0 Å². The lowest BCUT2D eigenvalue weighted by Gasteiger charge is -2.28. The van der Waals surface area contributed by atoms with Gasteiger partial charge in [-0.25, -0.2) is 4.79 Å². The van der Waals surface area contributed by atoms with Crippen molar-refractivity contribution in [1.29, 1.82) is 0 Å². The molecular formula is C13H25NO3. The molecule has 17 heavy (non-hydrogen) atoms. The van der Waals surface area contributed by atoms with Gasteiger partial charge in [-0.05, 0) is 17.8 Å². The highest BCUT2D eigenvalue weighted by Crippen LogP contribution is 2.25. The summed E-state index contributed by atoms with van der Waals surface area (Å²) in [7, 11) is 0. The Bertz CT molecular complexity index is 279. The second kappa shape index (κ2) is 6.03. The molecule has 0 spiro atoms. The van der Waals surface area contributed by atoms with Crippen LogP contribution in [0.3, 0.4) is 0 Å². The fraction of sp³-hybridized carbons (Fsp3) is 0.846. The lowest BCUT2D eigenvalue weighted by molar-refractivity contribution is -0.143. The van der Waals surface area contributed by atoms with Gasteiger partial charge in [0, 0.05) is 5.92 Å². The molecule has 4 nitrogen and oxygen atoms in total. The number of aliphatic carboxylic acids is 1. The molecule has 2 atom stereocenters. The Hall–Kier alpha value is -1.06. The maximum absolute atomic E-state index is 11.9. The second-order valence-corrected chi connectivity index (χ2v) is 6.12. The number of carbonyl (C=O) groups excluding carboxylic acids is 1. The number of nitrogens with one attached hydrogen (secondary N) is 1. The first-order chi connectivity index (χ1) is 7.55. The normalized spacial score (nSPS) is 15.5. The van der Waals surface area contributed by atoms with Crippen molar-refractivity contribution in [2.24, 2.45) is 17.3 Å². The quantitative estimate of drug-likeness (QED) is 0.778. The zero-order valence-electron chi connectivity index (χ0n) is 11.7. The molecule has 0 saturated heterocycles. The lowest BCUT2D eigenvalue weighted by Crippen LogP contribution is -2.46. The molecule has 0 aromatic heterocycles. The predicted molar refractivity (Wildman–Crippen MR) is 67.6 cm³/mol. The van der Waals surface area contributed by atoms with Gasteiger partial charge in [-0.3, -0.25) is 4.79 Å². The molecule has 0 aliphatic heterocycles. The maximum Gasteiger partial charge on any atom is 0.326 e. The summed E-state index contributed by atoms with van der Waals surface area (Å²) >= 11 is 0. The van der Waals surface area contributed by atoms with Crippen LogP contribution in [0.5, 0.6) is 0 Å². The first kappa shape index (κ1) is 15.9. The molecular weight excluding hydrogens is 218 g/mol. The van der Waals surface area contributed by atoms with Crippen molar-refractivity contribution in [2.45, 2.75) is 54.0 Å². The van der Waals surface area contributed by atoms with E-state index in [0.29, 0.717) is 6.42 Å². The summed E-state index contributed by atoms with van der Waals surface area (Å²) < 4.78 is 0. The highest BCUT2D eigenvalue weighted by molar-refractivity contribution is 5.85. The van der Waals surface area contributed by atoms with Gasteiger partial charge in [0.05, 0.1) is 0 Å². The Balaban J connectivity index is 4.57. The van der Waals surface area contributed by atoms with E-state index in [0.717, 1.165) is 0 Å². The molecule has 0 rings (SSSR count). The average Bonchev–Trinajstić information content (AvgIpc) is 2.13. The van der Waals surface area contributed by atoms with Crippen molar-refractivity contribution < 1.29 is 14.7 Å². The zero-order valence-corrected chi connectivity index (χ0v) is 11.7. The van der Waals surface area contributed by atoms with Gasteiger partial charge in [0.25, 0.3) is 0 Å². The van der Waals surface area contributed by atoms with Crippen LogP contribution in [-0.2, 0) is 9.59 Å². The number of rotatable bonds is 5. The number of carboxylic acids is 1. The molecule has 1 amide bonds. The SMILES string of the molecule is CC(C)C[C@H](NC(=O)[C@@H](C)C(C)(C)C)C(=O)O. The summed E-state index contributed by atoms with van der Waals surface area (Å²) in [6.45, 7) is 11.6. The van der Waals surface area contributed by atoms with Crippen molar-refractivity contribution in [3.8, 4) is 0 Å². The van der Waals surface area contributed by atoms with Gasteiger partial charge in [0.2, 0.25) is 5.91 Å². The first-order valence-corrected chi connectivity index (χ1v) is 6.09. The minimum absolute atomic E-state index is 0.162. The Morgan fingerprint density at radius 3 is 1.94 bits per heavy atom. The Kier molecular flexibility index (Phi) is 5.66. The molecule has 0 saturated carbocycles. The third-order valence-electron chi connectivity index (χ3n) is 3.01. The fourth-order valence-corrected chi connectivity index (χ4v) is 1.38. The summed E-state index contributed by atoms with van der Waals surface area (Å²) in [5, 5.41) is 11.7. The van der Waals surface area contributed by atoms with Gasteiger partial charge >= 0.3 is 5.97 Å². The Morgan fingerprint density at radius 1 is 1.18 bits per heavy atom. The van der Waals surface area contributed by atoms with Gasteiger partial charge in [-0.2, -0.15) is 0 Å². The molecule has 0 unspecified atom stereocenters. The molecule has 0 radical (unpaired) electrons. The van der Waals surface area contributed by atoms with Gasteiger partial charge < -0.3 is 10.4 Å². The number of amides is 1. The Morgan fingerprint density at radius 2 is 1.65 bits per heavy atom. The van der Waals surface area contributed by atoms with Crippen molar-refractivity contribution in [2.75, 3.05) is 0 Å². The molecule has 0 bridgehead atoms. The fourth-order valence-electron chi connectivity index (χ4n) is 1.38. The van der Waals surface area contributed by atoms with Crippen molar-refractivity contribution in [3.05, 3.63) is 0 Å². The van der Waals surface area contributed by atoms with Gasteiger partial charge in [-0.1, -0.05) is 41.5 Å². The van der Waals surface area contributed by atoms with E-state index in [1.54, 1.807) is 0 Å². The van der Waals surface area contributed by atoms with Crippen molar-refractivity contribution in [1.82, 2.24) is 5.32 Å². The minimum Gasteiger partial charge on any atom is -0.480 e. The van der Waals surface area contributed by atoms with E-state index in [1.807, 2.05) is 41.5 Å². The molecule has 0 aliphatic carbocycles. The smallest absolute Gasteiger partial charge is 0.326 e. The monoisotopic (exact) mass is 243 g/mol. The highest BCUT2D eigenvalue weighted by atomic mass is 16.4. The highest BCUT2D eigenvalue weighted by Gasteiger charge is 2.30. The largest absolute Gasteiger partial charge is 0.480 e. The summed E-state index contributed by atoms with van der Waals surface area (Å²) in [5.74, 6) is -1.13. The first-order valence-electron chi connectivity index (χ1n) is 6.09. The van der Waals surface area contributed by atoms with Gasteiger partial charge in [0.15, 0.2) is 0 Å². The minimum atomic E-state index is -0.965. The van der Waals surface area contributed by atoms with E-state index in [9.17, 15) is 9.59 Å². The van der Waals surface area contributed by atoms with E-state index < -0.39 is 12.0 Å². The summed E-state index contributed by atoms with van der Waals surface area (Å²) in [5.41, 5.74) is -0.162. The third kappa shape index (κ3) is 5.71. The summed E-state index contributed by atoms with van der Waals surface area (Å²) in [4.78, 5) is 22.9. The number of carbonyl (C=O) groups is 2. The van der Waals surface area contributed by atoms with Crippen LogP contribution in [0.4, 0.5) is 0 Å². The van der Waals surface area contributed by atoms with E-state index in [1.165, 1.54) is 0 Å². The molecule has 0 aromatic rings. The van der Waals surface area contributed by atoms with Crippen LogP contribution in [-0.4, -0.2) is 23.0 Å². The van der Waals surface area contributed by atoms with Crippen LogP contribution < -0.4 is 5.32 Å². The molecule has 0 aromatic carbocycles. The second-order valence-electron chi connectivity index (χ2n) is 6.12. The van der Waals surface area contributed by atoms with Crippen LogP contribution in [0.2, 0.25) is 0 Å². The Labute approximate surface area is 104 Å².